The van der Waals surface area contributed by atoms with Crippen molar-refractivity contribution in [3.63, 3.8) is 0 Å². The zero-order valence-electron chi connectivity index (χ0n) is 13.5. The predicted molar refractivity (Wildman–Crippen MR) is 90.4 cm³/mol. The molecule has 6 heteroatoms. The van der Waals surface area contributed by atoms with E-state index in [2.05, 4.69) is 15.4 Å². The minimum atomic E-state index is -0.273. The molecule has 0 aliphatic carbocycles. The van der Waals surface area contributed by atoms with Gasteiger partial charge in [0, 0.05) is 30.3 Å². The van der Waals surface area contributed by atoms with Gasteiger partial charge < -0.3 is 10.1 Å². The molecule has 0 unspecified atom stereocenters. The van der Waals surface area contributed by atoms with Crippen molar-refractivity contribution in [2.45, 2.75) is 18.9 Å². The summed E-state index contributed by atoms with van der Waals surface area (Å²) in [5.74, 6) is 0.341. The van der Waals surface area contributed by atoms with E-state index in [0.29, 0.717) is 5.88 Å². The summed E-state index contributed by atoms with van der Waals surface area (Å²) in [5, 5.41) is 8.74. The maximum absolute atomic E-state index is 13.5. The van der Waals surface area contributed by atoms with Crippen LogP contribution in [0.2, 0.25) is 0 Å². The third-order valence-corrected chi connectivity index (χ3v) is 4.38. The Bertz CT molecular complexity index is 871. The van der Waals surface area contributed by atoms with Crippen molar-refractivity contribution in [1.82, 2.24) is 20.1 Å². The van der Waals surface area contributed by atoms with Crippen LogP contribution in [0.3, 0.4) is 0 Å². The summed E-state index contributed by atoms with van der Waals surface area (Å²) in [6.45, 7) is 1.95. The maximum Gasteiger partial charge on any atom is 0.215 e. The molecule has 0 amide bonds. The fraction of sp³-hybridized carbons (Fsp3) is 0.333. The lowest BCUT2D eigenvalue weighted by Crippen LogP contribution is -2.34. The number of pyridine rings is 1. The van der Waals surface area contributed by atoms with Crippen molar-refractivity contribution in [3.05, 3.63) is 42.3 Å². The van der Waals surface area contributed by atoms with E-state index >= 15 is 0 Å². The molecule has 1 saturated heterocycles. The first-order valence-electron chi connectivity index (χ1n) is 8.17. The van der Waals surface area contributed by atoms with E-state index in [1.165, 1.54) is 12.1 Å². The summed E-state index contributed by atoms with van der Waals surface area (Å²) in [4.78, 5) is 4.43. The second kappa shape index (κ2) is 6.20. The number of nitrogens with zero attached hydrogens (tertiary/aromatic N) is 3. The van der Waals surface area contributed by atoms with Crippen LogP contribution >= 0.6 is 0 Å². The summed E-state index contributed by atoms with van der Waals surface area (Å²) < 4.78 is 21.3. The van der Waals surface area contributed by atoms with Crippen molar-refractivity contribution in [3.8, 4) is 17.1 Å². The van der Waals surface area contributed by atoms with Gasteiger partial charge >= 0.3 is 0 Å². The van der Waals surface area contributed by atoms with Gasteiger partial charge in [-0.15, -0.1) is 0 Å². The van der Waals surface area contributed by atoms with Gasteiger partial charge in [0.1, 0.15) is 17.6 Å². The number of hydrogen-bond acceptors (Lipinski definition) is 4. The van der Waals surface area contributed by atoms with E-state index in [4.69, 9.17) is 4.74 Å². The zero-order chi connectivity index (χ0) is 16.5. The number of nitrogens with one attached hydrogen (secondary N) is 1. The largest absolute Gasteiger partial charge is 0.474 e. The maximum atomic E-state index is 13.5. The highest BCUT2D eigenvalue weighted by atomic mass is 19.1. The molecular weight excluding hydrogens is 307 g/mol. The monoisotopic (exact) mass is 326 g/mol. The van der Waals surface area contributed by atoms with E-state index in [-0.39, 0.29) is 11.9 Å². The van der Waals surface area contributed by atoms with Crippen molar-refractivity contribution in [2.24, 2.45) is 7.05 Å². The van der Waals surface area contributed by atoms with E-state index in [1.54, 1.807) is 16.9 Å². The number of benzene rings is 1. The highest BCUT2D eigenvalue weighted by molar-refractivity contribution is 5.93. The molecule has 2 aromatic heterocycles. The van der Waals surface area contributed by atoms with E-state index in [9.17, 15) is 4.39 Å². The number of aryl methyl sites for hydroxylation is 1. The zero-order valence-corrected chi connectivity index (χ0v) is 13.5. The average molecular weight is 326 g/mol. The Morgan fingerprint density at radius 1 is 1.25 bits per heavy atom. The van der Waals surface area contributed by atoms with Gasteiger partial charge in [-0.1, -0.05) is 12.1 Å². The lowest BCUT2D eigenvalue weighted by atomic mass is 10.1. The van der Waals surface area contributed by atoms with E-state index in [1.807, 2.05) is 19.2 Å². The molecule has 0 radical (unpaired) electrons. The van der Waals surface area contributed by atoms with Gasteiger partial charge in [-0.3, -0.25) is 4.68 Å². The minimum absolute atomic E-state index is 0.201. The van der Waals surface area contributed by atoms with Crippen LogP contribution in [-0.2, 0) is 7.05 Å². The first-order chi connectivity index (χ1) is 11.7. The Morgan fingerprint density at radius 3 is 2.88 bits per heavy atom. The summed E-state index contributed by atoms with van der Waals surface area (Å²) in [5.41, 5.74) is 2.40. The first kappa shape index (κ1) is 15.1. The molecule has 0 bridgehead atoms. The summed E-state index contributed by atoms with van der Waals surface area (Å²) >= 11 is 0. The molecule has 4 rings (SSSR count). The van der Waals surface area contributed by atoms with E-state index < -0.39 is 0 Å². The molecule has 5 nitrogen and oxygen atoms in total. The number of piperidine rings is 1. The first-order valence-corrected chi connectivity index (χ1v) is 8.17. The molecule has 124 valence electrons. The summed E-state index contributed by atoms with van der Waals surface area (Å²) in [6, 6.07) is 8.36. The van der Waals surface area contributed by atoms with Crippen LogP contribution in [0.5, 0.6) is 5.88 Å². The van der Waals surface area contributed by atoms with Crippen molar-refractivity contribution < 1.29 is 9.13 Å². The number of fused-ring (bicyclic) bond motifs is 1. The number of ether oxygens (including phenoxy) is 1. The van der Waals surface area contributed by atoms with Gasteiger partial charge in [0.2, 0.25) is 5.88 Å². The van der Waals surface area contributed by atoms with Crippen LogP contribution in [0.15, 0.2) is 36.5 Å². The Kier molecular flexibility index (Phi) is 3.90. The third-order valence-electron chi connectivity index (χ3n) is 4.38. The molecule has 3 heterocycles. The molecule has 3 aromatic rings. The highest BCUT2D eigenvalue weighted by Crippen LogP contribution is 2.29. The number of aromatic nitrogens is 3. The Hall–Kier alpha value is -2.47. The molecule has 1 aliphatic heterocycles. The fourth-order valence-corrected chi connectivity index (χ4v) is 3.13. The van der Waals surface area contributed by atoms with Crippen molar-refractivity contribution in [1.29, 1.82) is 0 Å². The van der Waals surface area contributed by atoms with Crippen LogP contribution in [0.4, 0.5) is 4.39 Å². The standard InChI is InChI=1S/C18H19FN4O/c1-23-16-10-17(24-14-5-7-20-8-6-14)21-11-15(16)18(22-23)12-3-2-4-13(19)9-12/h2-4,9-11,14,20H,5-8H2,1H3. The summed E-state index contributed by atoms with van der Waals surface area (Å²) in [7, 11) is 1.87. The Balaban J connectivity index is 1.69. The Morgan fingerprint density at radius 2 is 2.08 bits per heavy atom. The average Bonchev–Trinajstić information content (AvgIpc) is 2.92. The fourth-order valence-electron chi connectivity index (χ4n) is 3.13. The smallest absolute Gasteiger partial charge is 0.215 e. The number of halogens is 1. The van der Waals surface area contributed by atoms with Gasteiger partial charge in [-0.25, -0.2) is 9.37 Å². The van der Waals surface area contributed by atoms with Crippen molar-refractivity contribution in [2.75, 3.05) is 13.1 Å². The normalized spacial score (nSPS) is 15.8. The van der Waals surface area contributed by atoms with Crippen LogP contribution in [0, 0.1) is 5.82 Å². The second-order valence-electron chi connectivity index (χ2n) is 6.09. The predicted octanol–water partition coefficient (Wildman–Crippen LogP) is 2.91. The number of rotatable bonds is 3. The molecule has 1 N–H and O–H groups in total. The van der Waals surface area contributed by atoms with Gasteiger partial charge in [-0.2, -0.15) is 5.10 Å². The van der Waals surface area contributed by atoms with Gasteiger partial charge in [0.05, 0.1) is 5.52 Å². The van der Waals surface area contributed by atoms with Crippen LogP contribution in [-0.4, -0.2) is 34.0 Å². The van der Waals surface area contributed by atoms with Crippen LogP contribution < -0.4 is 10.1 Å². The van der Waals surface area contributed by atoms with Gasteiger partial charge in [-0.05, 0) is 38.1 Å². The topological polar surface area (TPSA) is 52.0 Å². The lowest BCUT2D eigenvalue weighted by molar-refractivity contribution is 0.156. The molecular formula is C18H19FN4O. The molecule has 0 spiro atoms. The van der Waals surface area contributed by atoms with Gasteiger partial charge in [0.25, 0.3) is 0 Å². The highest BCUT2D eigenvalue weighted by Gasteiger charge is 2.17. The Labute approximate surface area is 139 Å². The quantitative estimate of drug-likeness (QED) is 0.804. The van der Waals surface area contributed by atoms with E-state index in [0.717, 1.165) is 48.1 Å². The van der Waals surface area contributed by atoms with Crippen LogP contribution in [0.25, 0.3) is 22.2 Å². The minimum Gasteiger partial charge on any atom is -0.474 e. The SMILES string of the molecule is Cn1nc(-c2cccc(F)c2)c2cnc(OC3CCNCC3)cc21. The molecule has 1 aliphatic rings. The lowest BCUT2D eigenvalue weighted by Gasteiger charge is -2.23. The second-order valence-corrected chi connectivity index (χ2v) is 6.09. The number of hydrogen-bond donors (Lipinski definition) is 1. The molecule has 1 aromatic carbocycles. The molecule has 0 saturated carbocycles. The summed E-state index contributed by atoms with van der Waals surface area (Å²) in [6.07, 6.45) is 3.94. The van der Waals surface area contributed by atoms with Crippen LogP contribution in [0.1, 0.15) is 12.8 Å². The van der Waals surface area contributed by atoms with Crippen molar-refractivity contribution >= 4 is 10.9 Å². The molecule has 0 atom stereocenters. The van der Waals surface area contributed by atoms with Gasteiger partial charge in [0.15, 0.2) is 0 Å². The molecule has 24 heavy (non-hydrogen) atoms. The third kappa shape index (κ3) is 2.85. The molecule has 1 fully saturated rings.